The van der Waals surface area contributed by atoms with E-state index < -0.39 is 11.5 Å². The molecule has 4 rings (SSSR count). The molecule has 0 N–H and O–H groups in total. The van der Waals surface area contributed by atoms with Crippen molar-refractivity contribution in [2.45, 2.75) is 32.2 Å². The highest BCUT2D eigenvalue weighted by molar-refractivity contribution is 6.14. The molecule has 0 unspecified atom stereocenters. The fourth-order valence-corrected chi connectivity index (χ4v) is 3.16. The van der Waals surface area contributed by atoms with Crippen LogP contribution in [0.15, 0.2) is 53.8 Å². The Morgan fingerprint density at radius 2 is 1.83 bits per heavy atom. The number of alkyl halides is 2. The van der Waals surface area contributed by atoms with Crippen LogP contribution in [0.1, 0.15) is 36.2 Å². The highest BCUT2D eigenvalue weighted by atomic mass is 19.3. The van der Waals surface area contributed by atoms with Gasteiger partial charge in [-0.1, -0.05) is 24.3 Å². The van der Waals surface area contributed by atoms with Crippen molar-refractivity contribution in [3.63, 3.8) is 0 Å². The first-order valence-electron chi connectivity index (χ1n) is 7.83. The zero-order valence-electron chi connectivity index (χ0n) is 13.7. The first kappa shape index (κ1) is 15.0. The second-order valence-corrected chi connectivity index (χ2v) is 6.72. The van der Waals surface area contributed by atoms with Crippen molar-refractivity contribution >= 4 is 11.4 Å². The summed E-state index contributed by atoms with van der Waals surface area (Å²) in [6.07, 6.45) is 3.60. The van der Waals surface area contributed by atoms with E-state index in [1.54, 1.807) is 24.4 Å². The molecule has 3 aromatic rings. The van der Waals surface area contributed by atoms with Crippen LogP contribution in [0.4, 0.5) is 8.78 Å². The quantitative estimate of drug-likeness (QED) is 0.653. The third kappa shape index (κ3) is 1.94. The summed E-state index contributed by atoms with van der Waals surface area (Å²) in [7, 11) is 0. The summed E-state index contributed by atoms with van der Waals surface area (Å²) in [4.78, 5) is 8.84. The number of imidazole rings is 1. The molecule has 0 saturated carbocycles. The predicted molar refractivity (Wildman–Crippen MR) is 90.0 cm³/mol. The lowest BCUT2D eigenvalue weighted by Gasteiger charge is -2.37. The first-order valence-corrected chi connectivity index (χ1v) is 7.83. The molecule has 1 aliphatic rings. The number of rotatable bonds is 1. The molecule has 1 aliphatic heterocycles. The third-order valence-corrected chi connectivity index (χ3v) is 4.59. The Labute approximate surface area is 138 Å². The van der Waals surface area contributed by atoms with Crippen molar-refractivity contribution in [3.8, 4) is 0 Å². The Morgan fingerprint density at radius 3 is 2.62 bits per heavy atom. The maximum Gasteiger partial charge on any atom is 0.297 e. The SMILES string of the molecule is Cc1ccn2c(C3=NC(C)(C)C(F)(F)c4ccccc43)cnc2c1. The maximum atomic E-state index is 14.8. The summed E-state index contributed by atoms with van der Waals surface area (Å²) in [6, 6.07) is 10.5. The number of aryl methyl sites for hydroxylation is 1. The minimum Gasteiger partial charge on any atom is -0.298 e. The van der Waals surface area contributed by atoms with Gasteiger partial charge in [0.25, 0.3) is 5.92 Å². The maximum absolute atomic E-state index is 14.8. The minimum absolute atomic E-state index is 0.0158. The molecule has 0 radical (unpaired) electrons. The monoisotopic (exact) mass is 325 g/mol. The number of hydrogen-bond acceptors (Lipinski definition) is 2. The molecule has 3 nitrogen and oxygen atoms in total. The molecule has 0 saturated heterocycles. The molecule has 0 spiro atoms. The summed E-state index contributed by atoms with van der Waals surface area (Å²) < 4.78 is 31.5. The Bertz CT molecular complexity index is 983. The van der Waals surface area contributed by atoms with Gasteiger partial charge in [0, 0.05) is 17.3 Å². The van der Waals surface area contributed by atoms with Gasteiger partial charge in [0.2, 0.25) is 0 Å². The normalized spacial score (nSPS) is 18.3. The fourth-order valence-electron chi connectivity index (χ4n) is 3.16. The Kier molecular flexibility index (Phi) is 2.95. The average Bonchev–Trinajstić information content (AvgIpc) is 2.94. The number of hydrogen-bond donors (Lipinski definition) is 0. The molecule has 122 valence electrons. The van der Waals surface area contributed by atoms with E-state index in [4.69, 9.17) is 0 Å². The van der Waals surface area contributed by atoms with Gasteiger partial charge in [0.1, 0.15) is 11.2 Å². The summed E-state index contributed by atoms with van der Waals surface area (Å²) in [6.45, 7) is 4.93. The van der Waals surface area contributed by atoms with Gasteiger partial charge in [-0.3, -0.25) is 9.39 Å². The predicted octanol–water partition coefficient (Wildman–Crippen LogP) is 4.36. The van der Waals surface area contributed by atoms with Crippen molar-refractivity contribution in [2.75, 3.05) is 0 Å². The van der Waals surface area contributed by atoms with Gasteiger partial charge in [0.05, 0.1) is 17.6 Å². The van der Waals surface area contributed by atoms with Gasteiger partial charge >= 0.3 is 0 Å². The third-order valence-electron chi connectivity index (χ3n) is 4.59. The van der Waals surface area contributed by atoms with Gasteiger partial charge in [-0.2, -0.15) is 8.78 Å². The molecule has 0 bridgehead atoms. The van der Waals surface area contributed by atoms with Crippen molar-refractivity contribution in [1.29, 1.82) is 0 Å². The Balaban J connectivity index is 2.02. The highest BCUT2D eigenvalue weighted by Crippen LogP contribution is 2.46. The van der Waals surface area contributed by atoms with Crippen LogP contribution < -0.4 is 0 Å². The van der Waals surface area contributed by atoms with E-state index in [2.05, 4.69) is 9.98 Å². The fraction of sp³-hybridized carbons (Fsp3) is 0.263. The summed E-state index contributed by atoms with van der Waals surface area (Å²) >= 11 is 0. The van der Waals surface area contributed by atoms with E-state index in [9.17, 15) is 8.78 Å². The zero-order chi connectivity index (χ0) is 17.1. The van der Waals surface area contributed by atoms with Crippen LogP contribution in [0.5, 0.6) is 0 Å². The lowest BCUT2D eigenvalue weighted by atomic mass is 9.82. The van der Waals surface area contributed by atoms with Gasteiger partial charge in [-0.25, -0.2) is 4.98 Å². The van der Waals surface area contributed by atoms with E-state index in [0.29, 0.717) is 11.3 Å². The van der Waals surface area contributed by atoms with Crippen LogP contribution in [0, 0.1) is 6.92 Å². The molecule has 2 aromatic heterocycles. The molecule has 5 heteroatoms. The molecular weight excluding hydrogens is 308 g/mol. The number of nitrogens with zero attached hydrogens (tertiary/aromatic N) is 3. The number of pyridine rings is 1. The van der Waals surface area contributed by atoms with Crippen molar-refractivity contribution in [1.82, 2.24) is 9.38 Å². The number of benzene rings is 1. The summed E-state index contributed by atoms with van der Waals surface area (Å²) in [5.74, 6) is -3.02. The van der Waals surface area contributed by atoms with Crippen LogP contribution in [-0.2, 0) is 5.92 Å². The standard InChI is InChI=1S/C19H17F2N3/c1-12-8-9-24-15(11-22-16(24)10-12)17-13-6-4-5-7-14(13)19(20,21)18(2,3)23-17/h4-11H,1-3H3. The second kappa shape index (κ2) is 4.72. The Hall–Kier alpha value is -2.56. The number of aliphatic imine (C=N–C) groups is 1. The van der Waals surface area contributed by atoms with E-state index >= 15 is 0 Å². The average molecular weight is 325 g/mol. The lowest BCUT2D eigenvalue weighted by molar-refractivity contribution is -0.0682. The number of fused-ring (bicyclic) bond motifs is 2. The number of aromatic nitrogens is 2. The van der Waals surface area contributed by atoms with Crippen LogP contribution >= 0.6 is 0 Å². The van der Waals surface area contributed by atoms with E-state index in [-0.39, 0.29) is 5.56 Å². The van der Waals surface area contributed by atoms with Crippen LogP contribution in [0.3, 0.4) is 0 Å². The molecule has 1 aromatic carbocycles. The van der Waals surface area contributed by atoms with Gasteiger partial charge in [0.15, 0.2) is 0 Å². The summed E-state index contributed by atoms with van der Waals surface area (Å²) in [5.41, 5.74) is 2.11. The minimum atomic E-state index is -3.02. The molecule has 0 fully saturated rings. The van der Waals surface area contributed by atoms with E-state index in [0.717, 1.165) is 16.9 Å². The van der Waals surface area contributed by atoms with Crippen LogP contribution in [0.25, 0.3) is 5.65 Å². The molecule has 3 heterocycles. The van der Waals surface area contributed by atoms with Crippen molar-refractivity contribution in [2.24, 2.45) is 4.99 Å². The van der Waals surface area contributed by atoms with Gasteiger partial charge < -0.3 is 0 Å². The number of halogens is 2. The van der Waals surface area contributed by atoms with Crippen LogP contribution in [0.2, 0.25) is 0 Å². The second-order valence-electron chi connectivity index (χ2n) is 6.72. The molecular formula is C19H17F2N3. The van der Waals surface area contributed by atoms with Gasteiger partial charge in [-0.05, 0) is 38.5 Å². The molecule has 0 aliphatic carbocycles. The van der Waals surface area contributed by atoms with Gasteiger partial charge in [-0.15, -0.1) is 0 Å². The van der Waals surface area contributed by atoms with Crippen molar-refractivity contribution in [3.05, 3.63) is 71.2 Å². The van der Waals surface area contributed by atoms with Crippen molar-refractivity contribution < 1.29 is 8.78 Å². The van der Waals surface area contributed by atoms with E-state index in [1.165, 1.54) is 19.9 Å². The molecule has 0 atom stereocenters. The molecule has 24 heavy (non-hydrogen) atoms. The highest BCUT2D eigenvalue weighted by Gasteiger charge is 2.52. The van der Waals surface area contributed by atoms with E-state index in [1.807, 2.05) is 29.7 Å². The van der Waals surface area contributed by atoms with Crippen LogP contribution in [-0.4, -0.2) is 20.6 Å². The smallest absolute Gasteiger partial charge is 0.297 e. The zero-order valence-corrected chi connectivity index (χ0v) is 13.7. The lowest BCUT2D eigenvalue weighted by Crippen LogP contribution is -2.44. The topological polar surface area (TPSA) is 29.7 Å². The first-order chi connectivity index (χ1) is 11.3. The largest absolute Gasteiger partial charge is 0.298 e. The summed E-state index contributed by atoms with van der Waals surface area (Å²) in [5, 5.41) is 0. The Morgan fingerprint density at radius 1 is 1.08 bits per heavy atom. The molecule has 0 amide bonds.